The van der Waals surface area contributed by atoms with E-state index >= 15 is 0 Å². The maximum absolute atomic E-state index is 11.9. The molecule has 0 bridgehead atoms. The Morgan fingerprint density at radius 1 is 1.00 bits per heavy atom. The first-order valence-corrected chi connectivity index (χ1v) is 11.1. The van der Waals surface area contributed by atoms with Gasteiger partial charge in [0.05, 0.1) is 43.6 Å². The minimum Gasteiger partial charge on any atom is -0.497 e. The monoisotopic (exact) mass is 449 g/mol. The van der Waals surface area contributed by atoms with Crippen molar-refractivity contribution in [1.29, 1.82) is 0 Å². The van der Waals surface area contributed by atoms with Crippen LogP contribution in [0.2, 0.25) is 0 Å². The van der Waals surface area contributed by atoms with Crippen LogP contribution in [0.4, 0.5) is 5.69 Å². The third kappa shape index (κ3) is 4.73. The SMILES string of the molecule is COc1cc(OC)cc(-c2cc(COC(C)(C)C(C)=O)nn2-c2ccccc2N2CCC2)c1. The second-order valence-electron chi connectivity index (χ2n) is 8.72. The van der Waals surface area contributed by atoms with Crippen molar-refractivity contribution >= 4 is 11.5 Å². The van der Waals surface area contributed by atoms with Crippen molar-refractivity contribution in [1.82, 2.24) is 9.78 Å². The summed E-state index contributed by atoms with van der Waals surface area (Å²) in [4.78, 5) is 14.3. The molecule has 0 atom stereocenters. The molecule has 4 rings (SSSR count). The molecule has 1 aliphatic rings. The molecule has 7 heteroatoms. The first kappa shape index (κ1) is 22.9. The lowest BCUT2D eigenvalue weighted by molar-refractivity contribution is -0.139. The zero-order chi connectivity index (χ0) is 23.6. The van der Waals surface area contributed by atoms with E-state index in [1.54, 1.807) is 28.1 Å². The van der Waals surface area contributed by atoms with Crippen LogP contribution in [0.15, 0.2) is 48.5 Å². The van der Waals surface area contributed by atoms with E-state index in [1.165, 1.54) is 13.3 Å². The highest BCUT2D eigenvalue weighted by atomic mass is 16.5. The standard InChI is InChI=1S/C26H31N3O4/c1-18(30)26(2,3)33-17-20-15-25(19-13-21(31-4)16-22(14-19)32-5)29(27-20)24-10-7-6-9-23(24)28-11-8-12-28/h6-7,9-10,13-16H,8,11-12,17H2,1-5H3. The molecule has 0 unspecified atom stereocenters. The summed E-state index contributed by atoms with van der Waals surface area (Å²) in [7, 11) is 3.27. The molecule has 0 aliphatic carbocycles. The number of aromatic nitrogens is 2. The van der Waals surface area contributed by atoms with E-state index in [2.05, 4.69) is 17.0 Å². The predicted octanol–water partition coefficient (Wildman–Crippen LogP) is 4.65. The number of benzene rings is 2. The lowest BCUT2D eigenvalue weighted by Gasteiger charge is -2.34. The molecular weight excluding hydrogens is 418 g/mol. The van der Waals surface area contributed by atoms with Crippen LogP contribution >= 0.6 is 0 Å². The summed E-state index contributed by atoms with van der Waals surface area (Å²) in [6, 6.07) is 16.0. The number of ether oxygens (including phenoxy) is 3. The van der Waals surface area contributed by atoms with Gasteiger partial charge in [0.2, 0.25) is 0 Å². The second kappa shape index (κ2) is 9.27. The van der Waals surface area contributed by atoms with Crippen LogP contribution < -0.4 is 14.4 Å². The van der Waals surface area contributed by atoms with E-state index in [9.17, 15) is 4.79 Å². The fraction of sp³-hybridized carbons (Fsp3) is 0.385. The summed E-state index contributed by atoms with van der Waals surface area (Å²) < 4.78 is 18.9. The highest BCUT2D eigenvalue weighted by molar-refractivity contribution is 5.84. The Hall–Kier alpha value is -3.32. The number of hydrogen-bond acceptors (Lipinski definition) is 6. The lowest BCUT2D eigenvalue weighted by atomic mass is 10.1. The van der Waals surface area contributed by atoms with Crippen molar-refractivity contribution in [3.63, 3.8) is 0 Å². The van der Waals surface area contributed by atoms with Gasteiger partial charge in [-0.15, -0.1) is 0 Å². The minimum absolute atomic E-state index is 0.0252. The van der Waals surface area contributed by atoms with Gasteiger partial charge in [0.1, 0.15) is 17.1 Å². The third-order valence-electron chi connectivity index (χ3n) is 6.14. The minimum atomic E-state index is -0.876. The maximum atomic E-state index is 11.9. The zero-order valence-corrected chi connectivity index (χ0v) is 19.9. The molecule has 0 spiro atoms. The third-order valence-corrected chi connectivity index (χ3v) is 6.14. The molecule has 1 aliphatic heterocycles. The molecule has 1 saturated heterocycles. The molecule has 1 aromatic heterocycles. The second-order valence-corrected chi connectivity index (χ2v) is 8.72. The molecule has 2 aromatic carbocycles. The number of para-hydroxylation sites is 2. The van der Waals surface area contributed by atoms with E-state index in [1.807, 2.05) is 41.1 Å². The van der Waals surface area contributed by atoms with Crippen LogP contribution in [0.1, 0.15) is 32.9 Å². The number of methoxy groups -OCH3 is 2. The molecule has 0 radical (unpaired) electrons. The van der Waals surface area contributed by atoms with Gasteiger partial charge in [-0.3, -0.25) is 4.79 Å². The van der Waals surface area contributed by atoms with Crippen LogP contribution in [0.25, 0.3) is 16.9 Å². The van der Waals surface area contributed by atoms with Crippen molar-refractivity contribution in [2.24, 2.45) is 0 Å². The number of carbonyl (C=O) groups is 1. The Balaban J connectivity index is 1.82. The molecule has 3 aromatic rings. The van der Waals surface area contributed by atoms with Gasteiger partial charge in [-0.25, -0.2) is 4.68 Å². The van der Waals surface area contributed by atoms with Crippen molar-refractivity contribution in [2.75, 3.05) is 32.2 Å². The molecule has 0 N–H and O–H groups in total. The lowest BCUT2D eigenvalue weighted by Crippen LogP contribution is -2.37. The number of rotatable bonds is 9. The summed E-state index contributed by atoms with van der Waals surface area (Å²) >= 11 is 0. The summed E-state index contributed by atoms with van der Waals surface area (Å²) in [6.45, 7) is 7.38. The quantitative estimate of drug-likeness (QED) is 0.474. The van der Waals surface area contributed by atoms with Gasteiger partial charge in [0.25, 0.3) is 0 Å². The number of Topliss-reactive ketones (excluding diaryl/α,β-unsaturated/α-hetero) is 1. The van der Waals surface area contributed by atoms with Crippen molar-refractivity contribution < 1.29 is 19.0 Å². The number of ketones is 1. The summed E-state index contributed by atoms with van der Waals surface area (Å²) in [5, 5.41) is 4.90. The summed E-state index contributed by atoms with van der Waals surface area (Å²) in [5.74, 6) is 1.37. The van der Waals surface area contributed by atoms with E-state index in [0.717, 1.165) is 41.4 Å². The van der Waals surface area contributed by atoms with E-state index in [0.29, 0.717) is 11.5 Å². The van der Waals surface area contributed by atoms with Crippen molar-refractivity contribution in [3.05, 3.63) is 54.2 Å². The number of anilines is 1. The van der Waals surface area contributed by atoms with E-state index < -0.39 is 5.60 Å². The average molecular weight is 450 g/mol. The number of carbonyl (C=O) groups excluding carboxylic acids is 1. The summed E-state index contributed by atoms with van der Waals surface area (Å²) in [6.07, 6.45) is 1.19. The van der Waals surface area contributed by atoms with Gasteiger partial charge >= 0.3 is 0 Å². The van der Waals surface area contributed by atoms with E-state index in [4.69, 9.17) is 19.3 Å². The molecule has 2 heterocycles. The normalized spacial score (nSPS) is 13.5. The smallest absolute Gasteiger partial charge is 0.161 e. The van der Waals surface area contributed by atoms with Crippen molar-refractivity contribution in [3.8, 4) is 28.4 Å². The van der Waals surface area contributed by atoms with Crippen LogP contribution in [-0.4, -0.2) is 48.5 Å². The fourth-order valence-corrected chi connectivity index (χ4v) is 3.67. The Kier molecular flexibility index (Phi) is 6.42. The molecule has 1 fully saturated rings. The Labute approximate surface area is 194 Å². The van der Waals surface area contributed by atoms with Gasteiger partial charge in [0.15, 0.2) is 5.78 Å². The maximum Gasteiger partial charge on any atom is 0.161 e. The summed E-state index contributed by atoms with van der Waals surface area (Å²) in [5.41, 5.74) is 3.79. The highest BCUT2D eigenvalue weighted by Crippen LogP contribution is 2.35. The Bertz CT molecular complexity index is 1130. The molecule has 174 valence electrons. The van der Waals surface area contributed by atoms with E-state index in [-0.39, 0.29) is 12.4 Å². The van der Waals surface area contributed by atoms with Crippen LogP contribution in [0.3, 0.4) is 0 Å². The first-order chi connectivity index (χ1) is 15.8. The average Bonchev–Trinajstić information content (AvgIpc) is 3.21. The van der Waals surface area contributed by atoms with Crippen LogP contribution in [-0.2, 0) is 16.1 Å². The molecular formula is C26H31N3O4. The molecule has 0 amide bonds. The number of nitrogens with zero attached hydrogens (tertiary/aromatic N) is 3. The molecule has 33 heavy (non-hydrogen) atoms. The molecule has 0 saturated carbocycles. The van der Waals surface area contributed by atoms with Gasteiger partial charge in [-0.05, 0) is 57.5 Å². The largest absolute Gasteiger partial charge is 0.497 e. The first-order valence-electron chi connectivity index (χ1n) is 11.1. The predicted molar refractivity (Wildman–Crippen MR) is 128 cm³/mol. The fourth-order valence-electron chi connectivity index (χ4n) is 3.67. The highest BCUT2D eigenvalue weighted by Gasteiger charge is 2.26. The van der Waals surface area contributed by atoms with Gasteiger partial charge in [-0.2, -0.15) is 5.10 Å². The van der Waals surface area contributed by atoms with Gasteiger partial charge in [0, 0.05) is 24.7 Å². The van der Waals surface area contributed by atoms with Crippen molar-refractivity contribution in [2.45, 2.75) is 39.4 Å². The number of hydrogen-bond donors (Lipinski definition) is 0. The van der Waals surface area contributed by atoms with Gasteiger partial charge in [-0.1, -0.05) is 12.1 Å². The Morgan fingerprint density at radius 2 is 1.64 bits per heavy atom. The Morgan fingerprint density at radius 3 is 2.18 bits per heavy atom. The van der Waals surface area contributed by atoms with Crippen LogP contribution in [0, 0.1) is 0 Å². The molecule has 7 nitrogen and oxygen atoms in total. The van der Waals surface area contributed by atoms with Crippen LogP contribution in [0.5, 0.6) is 11.5 Å². The zero-order valence-electron chi connectivity index (χ0n) is 19.9. The topological polar surface area (TPSA) is 65.8 Å². The van der Waals surface area contributed by atoms with Gasteiger partial charge < -0.3 is 19.1 Å².